The lowest BCUT2D eigenvalue weighted by Gasteiger charge is -2.10. The summed E-state index contributed by atoms with van der Waals surface area (Å²) in [5.74, 6) is -0.528. The van der Waals surface area contributed by atoms with Crippen LogP contribution in [-0.4, -0.2) is 8.42 Å². The molecule has 0 amide bonds. The Morgan fingerprint density at radius 1 is 1.15 bits per heavy atom. The Kier molecular flexibility index (Phi) is 4.67. The van der Waals surface area contributed by atoms with Crippen molar-refractivity contribution in [1.29, 1.82) is 0 Å². The maximum Gasteiger partial charge on any atom is 0.261 e. The summed E-state index contributed by atoms with van der Waals surface area (Å²) in [6, 6.07) is 9.87. The Balaban J connectivity index is 2.30. The highest BCUT2D eigenvalue weighted by Gasteiger charge is 2.15. The summed E-state index contributed by atoms with van der Waals surface area (Å²) in [6.45, 7) is 0. The van der Waals surface area contributed by atoms with Gasteiger partial charge in [-0.15, -0.1) is 0 Å². The minimum atomic E-state index is -3.75. The van der Waals surface area contributed by atoms with Crippen molar-refractivity contribution in [2.45, 2.75) is 10.2 Å². The molecule has 7 heteroatoms. The highest BCUT2D eigenvalue weighted by molar-refractivity contribution is 9.08. The lowest BCUT2D eigenvalue weighted by Crippen LogP contribution is -2.13. The highest BCUT2D eigenvalue weighted by Crippen LogP contribution is 2.25. The summed E-state index contributed by atoms with van der Waals surface area (Å²) >= 11 is 9.08. The van der Waals surface area contributed by atoms with E-state index in [1.54, 1.807) is 12.1 Å². The van der Waals surface area contributed by atoms with Crippen molar-refractivity contribution < 1.29 is 12.8 Å². The largest absolute Gasteiger partial charge is 0.278 e. The van der Waals surface area contributed by atoms with Crippen LogP contribution in [0.15, 0.2) is 47.4 Å². The minimum absolute atomic E-state index is 0.00523. The van der Waals surface area contributed by atoms with Gasteiger partial charge in [-0.2, -0.15) is 0 Å². The number of benzene rings is 2. The van der Waals surface area contributed by atoms with Gasteiger partial charge in [0.05, 0.1) is 15.6 Å². The average molecular weight is 379 g/mol. The fraction of sp³-hybridized carbons (Fsp3) is 0.0769. The van der Waals surface area contributed by atoms with Gasteiger partial charge in [0.25, 0.3) is 10.0 Å². The molecule has 0 saturated carbocycles. The second-order valence-electron chi connectivity index (χ2n) is 4.01. The van der Waals surface area contributed by atoms with E-state index >= 15 is 0 Å². The van der Waals surface area contributed by atoms with Crippen molar-refractivity contribution in [3.8, 4) is 0 Å². The number of halogens is 3. The normalized spacial score (nSPS) is 11.3. The first-order valence-electron chi connectivity index (χ1n) is 5.55. The van der Waals surface area contributed by atoms with Crippen molar-refractivity contribution in [2.24, 2.45) is 0 Å². The number of alkyl halides is 1. The van der Waals surface area contributed by atoms with E-state index in [9.17, 15) is 12.8 Å². The molecule has 106 valence electrons. The molecule has 0 aliphatic carbocycles. The average Bonchev–Trinajstić information content (AvgIpc) is 2.42. The minimum Gasteiger partial charge on any atom is -0.278 e. The predicted molar refractivity (Wildman–Crippen MR) is 81.3 cm³/mol. The van der Waals surface area contributed by atoms with Crippen LogP contribution in [0.3, 0.4) is 0 Å². The van der Waals surface area contributed by atoms with Crippen molar-refractivity contribution in [1.82, 2.24) is 0 Å². The van der Waals surface area contributed by atoms with Crippen LogP contribution in [0.25, 0.3) is 0 Å². The molecule has 0 unspecified atom stereocenters. The van der Waals surface area contributed by atoms with E-state index in [4.69, 9.17) is 11.6 Å². The molecule has 1 N–H and O–H groups in total. The standard InChI is InChI=1S/C13H10BrClFNO2S/c14-8-9-1-4-11(5-2-9)20(18,19)17-13-6-3-10(16)7-12(13)15/h1-7,17H,8H2. The quantitative estimate of drug-likeness (QED) is 0.812. The molecule has 2 aromatic carbocycles. The molecule has 0 aromatic heterocycles. The van der Waals surface area contributed by atoms with Crippen LogP contribution >= 0.6 is 27.5 Å². The summed E-state index contributed by atoms with van der Waals surface area (Å²) in [5, 5.41) is 0.649. The van der Waals surface area contributed by atoms with E-state index in [-0.39, 0.29) is 15.6 Å². The van der Waals surface area contributed by atoms with Gasteiger partial charge >= 0.3 is 0 Å². The molecule has 3 nitrogen and oxygen atoms in total. The van der Waals surface area contributed by atoms with Crippen molar-refractivity contribution >= 4 is 43.2 Å². The molecule has 0 spiro atoms. The molecule has 0 fully saturated rings. The third kappa shape index (κ3) is 3.50. The molecule has 0 atom stereocenters. The van der Waals surface area contributed by atoms with Crippen molar-refractivity contribution in [3.05, 3.63) is 58.9 Å². The molecule has 2 aromatic rings. The van der Waals surface area contributed by atoms with Gasteiger partial charge in [0.2, 0.25) is 0 Å². The van der Waals surface area contributed by atoms with Crippen LogP contribution in [0, 0.1) is 5.82 Å². The van der Waals surface area contributed by atoms with Gasteiger partial charge in [0.1, 0.15) is 5.82 Å². The predicted octanol–water partition coefficient (Wildman–Crippen LogP) is 4.17. The summed E-state index contributed by atoms with van der Waals surface area (Å²) in [5.41, 5.74) is 1.10. The molecule has 0 aliphatic heterocycles. The van der Waals surface area contributed by atoms with Crippen LogP contribution < -0.4 is 4.72 Å². The summed E-state index contributed by atoms with van der Waals surface area (Å²) in [7, 11) is -3.75. The molecule has 2 rings (SSSR count). The zero-order chi connectivity index (χ0) is 14.8. The van der Waals surface area contributed by atoms with Gasteiger partial charge in [-0.25, -0.2) is 12.8 Å². The SMILES string of the molecule is O=S(=O)(Nc1ccc(F)cc1Cl)c1ccc(CBr)cc1. The first-order chi connectivity index (χ1) is 9.42. The Bertz CT molecular complexity index is 720. The molecule has 0 radical (unpaired) electrons. The first kappa shape index (κ1) is 15.3. The van der Waals surface area contributed by atoms with E-state index in [1.807, 2.05) is 0 Å². The number of rotatable bonds is 4. The lowest BCUT2D eigenvalue weighted by atomic mass is 10.2. The van der Waals surface area contributed by atoms with Gasteiger partial charge in [-0.3, -0.25) is 4.72 Å². The highest BCUT2D eigenvalue weighted by atomic mass is 79.9. The maximum atomic E-state index is 12.9. The first-order valence-corrected chi connectivity index (χ1v) is 8.53. The van der Waals surface area contributed by atoms with Gasteiger partial charge in [-0.05, 0) is 35.9 Å². The molecule has 0 saturated heterocycles. The van der Waals surface area contributed by atoms with Gasteiger partial charge < -0.3 is 0 Å². The molecule has 0 aliphatic rings. The van der Waals surface area contributed by atoms with E-state index in [2.05, 4.69) is 20.7 Å². The van der Waals surface area contributed by atoms with Gasteiger partial charge in [0.15, 0.2) is 0 Å². The zero-order valence-electron chi connectivity index (χ0n) is 10.1. The molecule has 20 heavy (non-hydrogen) atoms. The zero-order valence-corrected chi connectivity index (χ0v) is 13.3. The monoisotopic (exact) mass is 377 g/mol. The summed E-state index contributed by atoms with van der Waals surface area (Å²) in [6.07, 6.45) is 0. The molecular formula is C13H10BrClFNO2S. The number of hydrogen-bond acceptors (Lipinski definition) is 2. The maximum absolute atomic E-state index is 12.9. The van der Waals surface area contributed by atoms with Crippen LogP contribution in [-0.2, 0) is 15.4 Å². The Hall–Kier alpha value is -1.11. The van der Waals surface area contributed by atoms with Crippen molar-refractivity contribution in [3.63, 3.8) is 0 Å². The van der Waals surface area contributed by atoms with E-state index < -0.39 is 15.8 Å². The van der Waals surface area contributed by atoms with Crippen LogP contribution in [0.4, 0.5) is 10.1 Å². The number of nitrogens with one attached hydrogen (secondary N) is 1. The van der Waals surface area contributed by atoms with Crippen LogP contribution in [0.5, 0.6) is 0 Å². The summed E-state index contributed by atoms with van der Waals surface area (Å²) < 4.78 is 39.6. The third-order valence-electron chi connectivity index (χ3n) is 2.56. The lowest BCUT2D eigenvalue weighted by molar-refractivity contribution is 0.601. The summed E-state index contributed by atoms with van der Waals surface area (Å²) in [4.78, 5) is 0.114. The van der Waals surface area contributed by atoms with Crippen LogP contribution in [0.2, 0.25) is 5.02 Å². The molecule has 0 heterocycles. The number of hydrogen-bond donors (Lipinski definition) is 1. The topological polar surface area (TPSA) is 46.2 Å². The fourth-order valence-corrected chi connectivity index (χ4v) is 3.26. The smallest absolute Gasteiger partial charge is 0.261 e. The van der Waals surface area contributed by atoms with E-state index in [0.29, 0.717) is 5.33 Å². The fourth-order valence-electron chi connectivity index (χ4n) is 1.53. The number of anilines is 1. The molecule has 0 bridgehead atoms. The Morgan fingerprint density at radius 2 is 1.80 bits per heavy atom. The third-order valence-corrected chi connectivity index (χ3v) is 4.91. The Labute approximate surface area is 130 Å². The van der Waals surface area contributed by atoms with Crippen LogP contribution in [0.1, 0.15) is 5.56 Å². The van der Waals surface area contributed by atoms with E-state index in [0.717, 1.165) is 17.7 Å². The van der Waals surface area contributed by atoms with Gasteiger partial charge in [0, 0.05) is 5.33 Å². The number of sulfonamides is 1. The van der Waals surface area contributed by atoms with Crippen molar-refractivity contribution in [2.75, 3.05) is 4.72 Å². The Morgan fingerprint density at radius 3 is 2.35 bits per heavy atom. The van der Waals surface area contributed by atoms with Gasteiger partial charge in [-0.1, -0.05) is 39.7 Å². The molecular weight excluding hydrogens is 369 g/mol. The second-order valence-corrected chi connectivity index (χ2v) is 6.66. The van der Waals surface area contributed by atoms with E-state index in [1.165, 1.54) is 18.2 Å². The second kappa shape index (κ2) is 6.11.